The second kappa shape index (κ2) is 7.72. The number of hydrogen-bond donors (Lipinski definition) is 1. The quantitative estimate of drug-likeness (QED) is 0.892. The first kappa shape index (κ1) is 19.4. The predicted octanol–water partition coefficient (Wildman–Crippen LogP) is 3.59. The Labute approximate surface area is 160 Å². The van der Waals surface area contributed by atoms with E-state index in [1.54, 1.807) is 0 Å². The molecule has 1 fully saturated rings. The van der Waals surface area contributed by atoms with Crippen LogP contribution in [0.25, 0.3) is 11.0 Å². The van der Waals surface area contributed by atoms with Crippen LogP contribution in [0.4, 0.5) is 5.69 Å². The second-order valence-electron chi connectivity index (χ2n) is 8.14. The Morgan fingerprint density at radius 1 is 1.11 bits per heavy atom. The number of benzene rings is 1. The SMILES string of the molecule is CCCN1CCN(C(=O)c2oc3ccccc3c2NC(=O)C(C)(C)C)CC1. The highest BCUT2D eigenvalue weighted by atomic mass is 16.3. The number of carbonyl (C=O) groups is 2. The summed E-state index contributed by atoms with van der Waals surface area (Å²) in [5.74, 6) is -0.0832. The number of fused-ring (bicyclic) bond motifs is 1. The molecule has 1 aromatic carbocycles. The predicted molar refractivity (Wildman–Crippen MR) is 107 cm³/mol. The highest BCUT2D eigenvalue weighted by molar-refractivity contribution is 6.11. The van der Waals surface area contributed by atoms with E-state index >= 15 is 0 Å². The van der Waals surface area contributed by atoms with E-state index in [-0.39, 0.29) is 17.6 Å². The lowest BCUT2D eigenvalue weighted by atomic mass is 9.95. The van der Waals surface area contributed by atoms with Crippen LogP contribution in [0.5, 0.6) is 0 Å². The van der Waals surface area contributed by atoms with E-state index in [0.29, 0.717) is 24.4 Å². The minimum atomic E-state index is -0.565. The molecule has 146 valence electrons. The van der Waals surface area contributed by atoms with Gasteiger partial charge in [0.2, 0.25) is 11.7 Å². The van der Waals surface area contributed by atoms with Crippen LogP contribution in [0.3, 0.4) is 0 Å². The van der Waals surface area contributed by atoms with Gasteiger partial charge in [0.1, 0.15) is 11.3 Å². The fourth-order valence-electron chi connectivity index (χ4n) is 3.26. The van der Waals surface area contributed by atoms with Crippen LogP contribution in [-0.2, 0) is 4.79 Å². The Morgan fingerprint density at radius 3 is 2.41 bits per heavy atom. The lowest BCUT2D eigenvalue weighted by Gasteiger charge is -2.34. The average Bonchev–Trinajstić information content (AvgIpc) is 3.00. The van der Waals surface area contributed by atoms with Gasteiger partial charge in [-0.3, -0.25) is 14.5 Å². The van der Waals surface area contributed by atoms with Crippen molar-refractivity contribution in [3.63, 3.8) is 0 Å². The molecule has 0 aliphatic carbocycles. The normalized spacial score (nSPS) is 15.9. The summed E-state index contributed by atoms with van der Waals surface area (Å²) in [5, 5.41) is 3.68. The zero-order valence-corrected chi connectivity index (χ0v) is 16.7. The van der Waals surface area contributed by atoms with Crippen molar-refractivity contribution in [3.05, 3.63) is 30.0 Å². The molecule has 0 spiro atoms. The molecule has 27 heavy (non-hydrogen) atoms. The summed E-state index contributed by atoms with van der Waals surface area (Å²) in [4.78, 5) is 29.9. The lowest BCUT2D eigenvalue weighted by molar-refractivity contribution is -0.123. The van der Waals surface area contributed by atoms with E-state index in [4.69, 9.17) is 4.42 Å². The van der Waals surface area contributed by atoms with Crippen molar-refractivity contribution in [1.82, 2.24) is 9.80 Å². The van der Waals surface area contributed by atoms with Gasteiger partial charge in [-0.15, -0.1) is 0 Å². The molecule has 2 heterocycles. The fourth-order valence-corrected chi connectivity index (χ4v) is 3.26. The first-order valence-electron chi connectivity index (χ1n) is 9.66. The lowest BCUT2D eigenvalue weighted by Crippen LogP contribution is -2.48. The maximum Gasteiger partial charge on any atom is 0.291 e. The number of nitrogens with zero attached hydrogens (tertiary/aromatic N) is 2. The summed E-state index contributed by atoms with van der Waals surface area (Å²) < 4.78 is 5.88. The van der Waals surface area contributed by atoms with Crippen LogP contribution < -0.4 is 5.32 Å². The van der Waals surface area contributed by atoms with Gasteiger partial charge in [-0.1, -0.05) is 39.8 Å². The van der Waals surface area contributed by atoms with Gasteiger partial charge < -0.3 is 14.6 Å². The standard InChI is InChI=1S/C21H29N3O3/c1-5-10-23-11-13-24(14-12-23)19(25)18-17(22-20(26)21(2,3)4)15-8-6-7-9-16(15)27-18/h6-9H,5,10-14H2,1-4H3,(H,22,26). The largest absolute Gasteiger partial charge is 0.449 e. The molecule has 6 nitrogen and oxygen atoms in total. The molecule has 0 unspecified atom stereocenters. The summed E-state index contributed by atoms with van der Waals surface area (Å²) >= 11 is 0. The van der Waals surface area contributed by atoms with Gasteiger partial charge in [0.25, 0.3) is 5.91 Å². The van der Waals surface area contributed by atoms with Crippen LogP contribution in [-0.4, -0.2) is 54.3 Å². The molecule has 6 heteroatoms. The number of nitrogens with one attached hydrogen (secondary N) is 1. The molecular weight excluding hydrogens is 342 g/mol. The number of rotatable bonds is 4. The Hall–Kier alpha value is -2.34. The number of amides is 2. The second-order valence-corrected chi connectivity index (χ2v) is 8.14. The van der Waals surface area contributed by atoms with Crippen molar-refractivity contribution >= 4 is 28.5 Å². The molecule has 1 aromatic heterocycles. The van der Waals surface area contributed by atoms with Crippen molar-refractivity contribution in [2.24, 2.45) is 5.41 Å². The Morgan fingerprint density at radius 2 is 1.78 bits per heavy atom. The smallest absolute Gasteiger partial charge is 0.291 e. The molecule has 2 amide bonds. The van der Waals surface area contributed by atoms with Gasteiger partial charge in [0.15, 0.2) is 0 Å². The molecule has 0 saturated carbocycles. The molecule has 3 rings (SSSR count). The third-order valence-corrected chi connectivity index (χ3v) is 4.91. The summed E-state index contributed by atoms with van der Waals surface area (Å²) in [6.07, 6.45) is 1.11. The maximum atomic E-state index is 13.1. The van der Waals surface area contributed by atoms with Crippen LogP contribution >= 0.6 is 0 Å². The third kappa shape index (κ3) is 4.16. The van der Waals surface area contributed by atoms with Crippen LogP contribution in [0.15, 0.2) is 28.7 Å². The summed E-state index contributed by atoms with van der Waals surface area (Å²) in [6, 6.07) is 7.42. The Balaban J connectivity index is 1.88. The molecule has 2 aromatic rings. The maximum absolute atomic E-state index is 13.1. The number of hydrogen-bond acceptors (Lipinski definition) is 4. The van der Waals surface area contributed by atoms with Gasteiger partial charge in [-0.2, -0.15) is 0 Å². The van der Waals surface area contributed by atoms with E-state index in [0.717, 1.165) is 31.4 Å². The molecule has 1 aliphatic rings. The van der Waals surface area contributed by atoms with Gasteiger partial charge >= 0.3 is 0 Å². The van der Waals surface area contributed by atoms with Gasteiger partial charge in [-0.05, 0) is 25.1 Å². The zero-order chi connectivity index (χ0) is 19.6. The van der Waals surface area contributed by atoms with Gasteiger partial charge in [-0.25, -0.2) is 0 Å². The minimum absolute atomic E-state index is 0.143. The Bertz CT molecular complexity index is 827. The summed E-state index contributed by atoms with van der Waals surface area (Å²) in [6.45, 7) is 11.8. The van der Waals surface area contributed by atoms with E-state index < -0.39 is 5.41 Å². The van der Waals surface area contributed by atoms with Gasteiger partial charge in [0.05, 0.1) is 0 Å². The summed E-state index contributed by atoms with van der Waals surface area (Å²) in [7, 11) is 0. The van der Waals surface area contributed by atoms with Crippen LogP contribution in [0, 0.1) is 5.41 Å². The molecule has 1 saturated heterocycles. The van der Waals surface area contributed by atoms with E-state index in [9.17, 15) is 9.59 Å². The van der Waals surface area contributed by atoms with E-state index in [1.807, 2.05) is 49.9 Å². The van der Waals surface area contributed by atoms with E-state index in [2.05, 4.69) is 17.1 Å². The number of piperazine rings is 1. The molecule has 0 radical (unpaired) electrons. The number of anilines is 1. The summed E-state index contributed by atoms with van der Waals surface area (Å²) in [5.41, 5.74) is 0.519. The highest BCUT2D eigenvalue weighted by Crippen LogP contribution is 2.33. The monoisotopic (exact) mass is 371 g/mol. The number of carbonyl (C=O) groups excluding carboxylic acids is 2. The highest BCUT2D eigenvalue weighted by Gasteiger charge is 2.30. The molecule has 1 N–H and O–H groups in total. The molecule has 0 atom stereocenters. The Kier molecular flexibility index (Phi) is 5.56. The average molecular weight is 371 g/mol. The number of furan rings is 1. The molecule has 1 aliphatic heterocycles. The van der Waals surface area contributed by atoms with Crippen LogP contribution in [0.1, 0.15) is 44.7 Å². The fraction of sp³-hybridized carbons (Fsp3) is 0.524. The zero-order valence-electron chi connectivity index (χ0n) is 16.7. The van der Waals surface area contributed by atoms with Crippen molar-refractivity contribution in [2.75, 3.05) is 38.0 Å². The van der Waals surface area contributed by atoms with Crippen molar-refractivity contribution in [3.8, 4) is 0 Å². The number of para-hydroxylation sites is 1. The van der Waals surface area contributed by atoms with Crippen molar-refractivity contribution in [2.45, 2.75) is 34.1 Å². The first-order valence-corrected chi connectivity index (χ1v) is 9.66. The third-order valence-electron chi connectivity index (χ3n) is 4.91. The first-order chi connectivity index (χ1) is 12.8. The van der Waals surface area contributed by atoms with Gasteiger partial charge in [0, 0.05) is 37.0 Å². The minimum Gasteiger partial charge on any atom is -0.449 e. The van der Waals surface area contributed by atoms with Crippen molar-refractivity contribution < 1.29 is 14.0 Å². The molecule has 0 bridgehead atoms. The molecular formula is C21H29N3O3. The van der Waals surface area contributed by atoms with E-state index in [1.165, 1.54) is 0 Å². The van der Waals surface area contributed by atoms with Crippen molar-refractivity contribution in [1.29, 1.82) is 0 Å². The van der Waals surface area contributed by atoms with Crippen LogP contribution in [0.2, 0.25) is 0 Å². The topological polar surface area (TPSA) is 65.8 Å².